The van der Waals surface area contributed by atoms with Gasteiger partial charge >= 0.3 is 0 Å². The molecule has 0 N–H and O–H groups in total. The number of thiol groups is 1. The van der Waals surface area contributed by atoms with Crippen LogP contribution in [0.3, 0.4) is 0 Å². The third-order valence-electron chi connectivity index (χ3n) is 1.40. The fourth-order valence-corrected chi connectivity index (χ4v) is 1.48. The Bertz CT molecular complexity index is 308. The van der Waals surface area contributed by atoms with Crippen LogP contribution in [0.5, 0.6) is 0 Å². The van der Waals surface area contributed by atoms with Gasteiger partial charge in [0.15, 0.2) is 0 Å². The molecule has 0 atom stereocenters. The summed E-state index contributed by atoms with van der Waals surface area (Å²) in [5.74, 6) is 0.484. The predicted molar refractivity (Wildman–Crippen MR) is 48.9 cm³/mol. The molecular weight excluding hydrogens is 196 g/mol. The number of benzene rings is 1. The highest BCUT2D eigenvalue weighted by Gasteiger charge is 1.94. The van der Waals surface area contributed by atoms with Crippen LogP contribution in [0.2, 0.25) is 0 Å². The largest absolute Gasteiger partial charge is 0.232 e. The first-order chi connectivity index (χ1) is 5.72. The third-order valence-corrected chi connectivity index (χ3v) is 2.31. The molecule has 0 saturated heterocycles. The summed E-state index contributed by atoms with van der Waals surface area (Å²) in [6, 6.07) is 8.08. The van der Waals surface area contributed by atoms with Gasteiger partial charge in [0.2, 0.25) is 0 Å². The topological polar surface area (TPSA) is 34.1 Å². The Morgan fingerprint density at radius 2 is 2.17 bits per heavy atom. The van der Waals surface area contributed by atoms with E-state index in [4.69, 9.17) is 11.6 Å². The average molecular weight is 204 g/mol. The molecular formula is C8H8ClO2S. The van der Waals surface area contributed by atoms with Crippen molar-refractivity contribution in [2.24, 2.45) is 0 Å². The van der Waals surface area contributed by atoms with Gasteiger partial charge in [-0.25, -0.2) is 8.42 Å². The van der Waals surface area contributed by atoms with Gasteiger partial charge in [0.05, 0.1) is 5.75 Å². The number of hydrogen-bond acceptors (Lipinski definition) is 2. The van der Waals surface area contributed by atoms with E-state index in [0.717, 1.165) is 11.1 Å². The van der Waals surface area contributed by atoms with Crippen LogP contribution in [-0.2, 0) is 22.3 Å². The Morgan fingerprint density at radius 3 is 2.58 bits per heavy atom. The predicted octanol–water partition coefficient (Wildman–Crippen LogP) is 1.34. The van der Waals surface area contributed by atoms with Crippen molar-refractivity contribution in [1.82, 2.24) is 0 Å². The number of rotatable bonds is 3. The van der Waals surface area contributed by atoms with Gasteiger partial charge < -0.3 is 0 Å². The molecule has 0 aliphatic rings. The molecule has 0 aromatic heterocycles. The van der Waals surface area contributed by atoms with Crippen LogP contribution in [0.4, 0.5) is 0 Å². The van der Waals surface area contributed by atoms with Crippen molar-refractivity contribution >= 4 is 22.3 Å². The standard InChI is InChI=1S/C8H8ClO2S/c9-5-7-1-3-8(4-2-7)6-12(10)11/h1,3-4,12H,5-6H2. The van der Waals surface area contributed by atoms with Gasteiger partial charge in [-0.1, -0.05) is 12.1 Å². The van der Waals surface area contributed by atoms with Crippen LogP contribution in [0.15, 0.2) is 18.2 Å². The molecule has 0 fully saturated rings. The van der Waals surface area contributed by atoms with Crippen LogP contribution >= 0.6 is 11.6 Å². The molecule has 1 radical (unpaired) electrons. The van der Waals surface area contributed by atoms with Gasteiger partial charge in [-0.05, 0) is 23.3 Å². The molecule has 0 saturated carbocycles. The van der Waals surface area contributed by atoms with Crippen molar-refractivity contribution in [2.45, 2.75) is 11.6 Å². The van der Waals surface area contributed by atoms with Crippen molar-refractivity contribution in [2.75, 3.05) is 0 Å². The smallest absolute Gasteiger partial charge is 0.144 e. The maximum Gasteiger partial charge on any atom is 0.144 e. The Kier molecular flexibility index (Phi) is 3.56. The highest BCUT2D eigenvalue weighted by Crippen LogP contribution is 2.06. The van der Waals surface area contributed by atoms with Gasteiger partial charge in [0.1, 0.15) is 10.7 Å². The van der Waals surface area contributed by atoms with Crippen LogP contribution in [0, 0.1) is 6.07 Å². The van der Waals surface area contributed by atoms with E-state index in [0.29, 0.717) is 5.88 Å². The van der Waals surface area contributed by atoms with E-state index in [2.05, 4.69) is 6.07 Å². The van der Waals surface area contributed by atoms with Gasteiger partial charge in [0, 0.05) is 5.88 Å². The Morgan fingerprint density at radius 1 is 1.42 bits per heavy atom. The van der Waals surface area contributed by atoms with Crippen molar-refractivity contribution in [3.05, 3.63) is 35.4 Å². The molecule has 65 valence electrons. The first kappa shape index (κ1) is 9.55. The number of hydrogen-bond donors (Lipinski definition) is 1. The SMILES string of the molecule is O=[SH](=O)Cc1c[c]c(CCl)cc1. The lowest BCUT2D eigenvalue weighted by molar-refractivity contribution is 0.614. The maximum absolute atomic E-state index is 10.3. The minimum atomic E-state index is -2.34. The second-order valence-electron chi connectivity index (χ2n) is 2.35. The van der Waals surface area contributed by atoms with Crippen LogP contribution in [-0.4, -0.2) is 8.42 Å². The summed E-state index contributed by atoms with van der Waals surface area (Å²) in [5.41, 5.74) is 1.63. The van der Waals surface area contributed by atoms with E-state index in [1.54, 1.807) is 18.2 Å². The molecule has 12 heavy (non-hydrogen) atoms. The maximum atomic E-state index is 10.3. The first-order valence-corrected chi connectivity index (χ1v) is 5.29. The van der Waals surface area contributed by atoms with Gasteiger partial charge in [-0.3, -0.25) is 0 Å². The van der Waals surface area contributed by atoms with Crippen molar-refractivity contribution in [3.63, 3.8) is 0 Å². The summed E-state index contributed by atoms with van der Waals surface area (Å²) in [5, 5.41) is 0. The van der Waals surface area contributed by atoms with Crippen molar-refractivity contribution in [3.8, 4) is 0 Å². The van der Waals surface area contributed by atoms with E-state index >= 15 is 0 Å². The normalized spacial score (nSPS) is 10.5. The lowest BCUT2D eigenvalue weighted by Gasteiger charge is -1.95. The zero-order valence-electron chi connectivity index (χ0n) is 6.29. The molecule has 0 spiro atoms. The fourth-order valence-electron chi connectivity index (χ4n) is 0.820. The van der Waals surface area contributed by atoms with Crippen molar-refractivity contribution in [1.29, 1.82) is 0 Å². The average Bonchev–Trinajstić information content (AvgIpc) is 2.05. The highest BCUT2D eigenvalue weighted by molar-refractivity contribution is 7.71. The van der Waals surface area contributed by atoms with E-state index in [1.165, 1.54) is 0 Å². The quantitative estimate of drug-likeness (QED) is 0.594. The second-order valence-corrected chi connectivity index (χ2v) is 3.60. The van der Waals surface area contributed by atoms with Gasteiger partial charge in [-0.2, -0.15) is 0 Å². The molecule has 0 heterocycles. The highest BCUT2D eigenvalue weighted by atomic mass is 35.5. The van der Waals surface area contributed by atoms with E-state index in [9.17, 15) is 8.42 Å². The summed E-state index contributed by atoms with van der Waals surface area (Å²) in [6.45, 7) is 0. The zero-order chi connectivity index (χ0) is 8.97. The van der Waals surface area contributed by atoms with Crippen LogP contribution in [0.25, 0.3) is 0 Å². The van der Waals surface area contributed by atoms with E-state index in [-0.39, 0.29) is 5.75 Å². The van der Waals surface area contributed by atoms with Gasteiger partial charge in [0.25, 0.3) is 0 Å². The summed E-state index contributed by atoms with van der Waals surface area (Å²) in [7, 11) is -2.34. The molecule has 0 aliphatic carbocycles. The number of alkyl halides is 1. The minimum absolute atomic E-state index is 0.0778. The summed E-state index contributed by atoms with van der Waals surface area (Å²) in [6.07, 6.45) is 0. The summed E-state index contributed by atoms with van der Waals surface area (Å²) in [4.78, 5) is 0. The molecule has 0 bridgehead atoms. The minimum Gasteiger partial charge on any atom is -0.232 e. The number of halogens is 1. The third kappa shape index (κ3) is 2.83. The Balaban J connectivity index is 2.77. The van der Waals surface area contributed by atoms with Crippen LogP contribution < -0.4 is 0 Å². The zero-order valence-corrected chi connectivity index (χ0v) is 7.94. The fraction of sp³-hybridized carbons (Fsp3) is 0.250. The molecule has 0 unspecified atom stereocenters. The lowest BCUT2D eigenvalue weighted by atomic mass is 10.2. The van der Waals surface area contributed by atoms with Crippen molar-refractivity contribution < 1.29 is 8.42 Å². The second kappa shape index (κ2) is 4.48. The molecule has 1 aromatic rings. The van der Waals surface area contributed by atoms with E-state index < -0.39 is 10.7 Å². The summed E-state index contributed by atoms with van der Waals surface area (Å²) < 4.78 is 20.6. The Labute approximate surface area is 78.1 Å². The molecule has 4 heteroatoms. The molecule has 2 nitrogen and oxygen atoms in total. The van der Waals surface area contributed by atoms with Crippen LogP contribution in [0.1, 0.15) is 11.1 Å². The first-order valence-electron chi connectivity index (χ1n) is 3.39. The summed E-state index contributed by atoms with van der Waals surface area (Å²) >= 11 is 5.53. The molecule has 0 amide bonds. The van der Waals surface area contributed by atoms with Gasteiger partial charge in [-0.15, -0.1) is 11.6 Å². The Hall–Kier alpha value is -0.540. The molecule has 1 rings (SSSR count). The van der Waals surface area contributed by atoms with E-state index in [1.807, 2.05) is 0 Å². The molecule has 1 aromatic carbocycles. The monoisotopic (exact) mass is 203 g/mol. The molecule has 0 aliphatic heterocycles. The lowest BCUT2D eigenvalue weighted by Crippen LogP contribution is -1.87.